The lowest BCUT2D eigenvalue weighted by molar-refractivity contribution is -0.148. The van der Waals surface area contributed by atoms with Crippen LogP contribution in [0.1, 0.15) is 19.4 Å². The first kappa shape index (κ1) is 20.8. The highest BCUT2D eigenvalue weighted by atomic mass is 32.2. The maximum Gasteiger partial charge on any atom is 0.324 e. The quantitative estimate of drug-likeness (QED) is 0.574. The molecular formula is C21H23N3O4S. The lowest BCUT2D eigenvalue weighted by Gasteiger charge is -2.21. The Kier molecular flexibility index (Phi) is 6.46. The smallest absolute Gasteiger partial charge is 0.324 e. The molecule has 1 aromatic heterocycles. The zero-order valence-electron chi connectivity index (χ0n) is 16.2. The number of ether oxygens (including phenoxy) is 1. The zero-order valence-corrected chi connectivity index (χ0v) is 17.0. The number of esters is 1. The highest BCUT2D eigenvalue weighted by molar-refractivity contribution is 7.89. The zero-order chi connectivity index (χ0) is 20.9. The number of hydrogen-bond donors (Lipinski definition) is 1. The third-order valence-corrected chi connectivity index (χ3v) is 5.80. The topological polar surface area (TPSA) is 90.3 Å². The van der Waals surface area contributed by atoms with E-state index in [1.165, 1.54) is 12.1 Å². The molecule has 0 unspecified atom stereocenters. The lowest BCUT2D eigenvalue weighted by atomic mass is 10.1. The molecule has 3 rings (SSSR count). The van der Waals surface area contributed by atoms with Crippen LogP contribution in [0.15, 0.2) is 78.0 Å². The van der Waals surface area contributed by atoms with Crippen LogP contribution in [-0.2, 0) is 26.2 Å². The summed E-state index contributed by atoms with van der Waals surface area (Å²) in [6.07, 6.45) is 3.53. The van der Waals surface area contributed by atoms with E-state index >= 15 is 0 Å². The Hall–Kier alpha value is -2.97. The van der Waals surface area contributed by atoms with Crippen LogP contribution < -0.4 is 4.72 Å². The van der Waals surface area contributed by atoms with E-state index in [2.05, 4.69) is 9.82 Å². The van der Waals surface area contributed by atoms with Gasteiger partial charge in [0.05, 0.1) is 10.6 Å². The Morgan fingerprint density at radius 3 is 2.34 bits per heavy atom. The van der Waals surface area contributed by atoms with Gasteiger partial charge in [-0.05, 0) is 41.8 Å². The van der Waals surface area contributed by atoms with Crippen molar-refractivity contribution in [1.29, 1.82) is 0 Å². The first-order chi connectivity index (χ1) is 13.9. The molecule has 3 aromatic rings. The van der Waals surface area contributed by atoms with E-state index in [1.807, 2.05) is 36.5 Å². The number of nitrogens with one attached hydrogen (secondary N) is 1. The number of carbonyl (C=O) groups excluding carboxylic acids is 1. The molecule has 1 atom stereocenters. The number of benzene rings is 2. The molecular weight excluding hydrogens is 390 g/mol. The van der Waals surface area contributed by atoms with Gasteiger partial charge < -0.3 is 4.74 Å². The van der Waals surface area contributed by atoms with Crippen molar-refractivity contribution in [2.75, 3.05) is 0 Å². The van der Waals surface area contributed by atoms with Gasteiger partial charge >= 0.3 is 5.97 Å². The summed E-state index contributed by atoms with van der Waals surface area (Å²) in [4.78, 5) is 12.7. The van der Waals surface area contributed by atoms with Crippen molar-refractivity contribution in [3.8, 4) is 5.69 Å². The minimum absolute atomic E-state index is 0.0501. The summed E-state index contributed by atoms with van der Waals surface area (Å²) in [5, 5.41) is 4.16. The molecule has 0 spiro atoms. The van der Waals surface area contributed by atoms with Crippen molar-refractivity contribution in [3.05, 3.63) is 78.6 Å². The Morgan fingerprint density at radius 2 is 1.76 bits per heavy atom. The van der Waals surface area contributed by atoms with Gasteiger partial charge in [-0.25, -0.2) is 13.1 Å². The maximum absolute atomic E-state index is 12.6. The van der Waals surface area contributed by atoms with Crippen molar-refractivity contribution in [1.82, 2.24) is 14.5 Å². The van der Waals surface area contributed by atoms with Gasteiger partial charge in [0.25, 0.3) is 0 Å². The summed E-state index contributed by atoms with van der Waals surface area (Å²) in [5.74, 6) is -0.890. The fraction of sp³-hybridized carbons (Fsp3) is 0.238. The molecule has 0 fully saturated rings. The predicted molar refractivity (Wildman–Crippen MR) is 109 cm³/mol. The Bertz CT molecular complexity index is 1030. The van der Waals surface area contributed by atoms with Crippen LogP contribution in [-0.4, -0.2) is 30.2 Å². The maximum atomic E-state index is 12.6. The molecule has 0 aliphatic rings. The van der Waals surface area contributed by atoms with Crippen LogP contribution in [0.5, 0.6) is 0 Å². The molecule has 152 valence electrons. The Morgan fingerprint density at radius 1 is 1.07 bits per heavy atom. The second-order valence-corrected chi connectivity index (χ2v) is 8.59. The number of aromatic nitrogens is 2. The third kappa shape index (κ3) is 5.30. The van der Waals surface area contributed by atoms with E-state index in [9.17, 15) is 13.2 Å². The molecule has 7 nitrogen and oxygen atoms in total. The normalized spacial score (nSPS) is 12.7. The number of sulfonamides is 1. The van der Waals surface area contributed by atoms with Crippen LogP contribution >= 0.6 is 0 Å². The van der Waals surface area contributed by atoms with Gasteiger partial charge in [-0.2, -0.15) is 9.82 Å². The van der Waals surface area contributed by atoms with Gasteiger partial charge in [0.15, 0.2) is 0 Å². The van der Waals surface area contributed by atoms with Crippen molar-refractivity contribution < 1.29 is 17.9 Å². The van der Waals surface area contributed by atoms with Crippen LogP contribution in [0.2, 0.25) is 0 Å². The Labute approximate surface area is 170 Å². The first-order valence-electron chi connectivity index (χ1n) is 9.20. The molecule has 0 bridgehead atoms. The minimum atomic E-state index is -3.82. The average Bonchev–Trinajstić information content (AvgIpc) is 3.26. The molecule has 1 N–H and O–H groups in total. The highest BCUT2D eigenvalue weighted by Crippen LogP contribution is 2.14. The number of hydrogen-bond acceptors (Lipinski definition) is 5. The van der Waals surface area contributed by atoms with Crippen molar-refractivity contribution in [3.63, 3.8) is 0 Å². The molecule has 29 heavy (non-hydrogen) atoms. The summed E-state index contributed by atoms with van der Waals surface area (Å²) in [6.45, 7) is 3.57. The van der Waals surface area contributed by atoms with Crippen LogP contribution in [0.25, 0.3) is 5.69 Å². The van der Waals surface area contributed by atoms with Crippen molar-refractivity contribution in [2.45, 2.75) is 31.4 Å². The number of rotatable bonds is 8. The van der Waals surface area contributed by atoms with Gasteiger partial charge in [-0.3, -0.25) is 4.79 Å². The van der Waals surface area contributed by atoms with E-state index in [0.717, 1.165) is 11.3 Å². The van der Waals surface area contributed by atoms with Gasteiger partial charge in [0, 0.05) is 12.4 Å². The molecule has 0 amide bonds. The second-order valence-electron chi connectivity index (χ2n) is 6.88. The standard InChI is InChI=1S/C21H23N3O4S/c1-16(2)20(23-29(26,27)19-7-4-3-5-8-19)21(25)28-15-17-9-11-18(12-10-17)24-14-6-13-22-24/h3-14,16,20,23H,15H2,1-2H3/t20-/m0/s1. The average molecular weight is 413 g/mol. The first-order valence-corrected chi connectivity index (χ1v) is 10.7. The SMILES string of the molecule is CC(C)[C@H](NS(=O)(=O)c1ccccc1)C(=O)OCc1ccc(-n2cccn2)cc1. The summed E-state index contributed by atoms with van der Waals surface area (Å²) < 4.78 is 34.7. The Balaban J connectivity index is 1.64. The van der Waals surface area contributed by atoms with Crippen molar-refractivity contribution >= 4 is 16.0 Å². The van der Waals surface area contributed by atoms with Crippen LogP contribution in [0.3, 0.4) is 0 Å². The molecule has 1 heterocycles. The van der Waals surface area contributed by atoms with E-state index in [0.29, 0.717) is 0 Å². The molecule has 0 saturated carbocycles. The molecule has 0 aliphatic carbocycles. The fourth-order valence-electron chi connectivity index (χ4n) is 2.70. The predicted octanol–water partition coefficient (Wildman–Crippen LogP) is 2.92. The van der Waals surface area contributed by atoms with E-state index in [1.54, 1.807) is 42.9 Å². The third-order valence-electron chi connectivity index (χ3n) is 4.34. The van der Waals surface area contributed by atoms with E-state index < -0.39 is 22.0 Å². The molecule has 0 radical (unpaired) electrons. The number of carbonyl (C=O) groups is 1. The highest BCUT2D eigenvalue weighted by Gasteiger charge is 2.29. The summed E-state index contributed by atoms with van der Waals surface area (Å²) in [6, 6.07) is 16.2. The van der Waals surface area contributed by atoms with Gasteiger partial charge in [0.2, 0.25) is 10.0 Å². The van der Waals surface area contributed by atoms with Gasteiger partial charge in [-0.1, -0.05) is 44.2 Å². The largest absolute Gasteiger partial charge is 0.460 e. The van der Waals surface area contributed by atoms with Gasteiger partial charge in [0.1, 0.15) is 12.6 Å². The minimum Gasteiger partial charge on any atom is -0.460 e. The molecule has 0 saturated heterocycles. The van der Waals surface area contributed by atoms with Gasteiger partial charge in [-0.15, -0.1) is 0 Å². The lowest BCUT2D eigenvalue weighted by Crippen LogP contribution is -2.45. The van der Waals surface area contributed by atoms with E-state index in [4.69, 9.17) is 4.74 Å². The second kappa shape index (κ2) is 9.02. The van der Waals surface area contributed by atoms with Crippen molar-refractivity contribution in [2.24, 2.45) is 5.92 Å². The summed E-state index contributed by atoms with van der Waals surface area (Å²) >= 11 is 0. The van der Waals surface area contributed by atoms with E-state index in [-0.39, 0.29) is 17.4 Å². The molecule has 8 heteroatoms. The monoisotopic (exact) mass is 413 g/mol. The van der Waals surface area contributed by atoms with Crippen LogP contribution in [0, 0.1) is 5.92 Å². The molecule has 0 aliphatic heterocycles. The van der Waals surface area contributed by atoms with Crippen LogP contribution in [0.4, 0.5) is 0 Å². The number of nitrogens with zero attached hydrogens (tertiary/aromatic N) is 2. The summed E-state index contributed by atoms with van der Waals surface area (Å²) in [5.41, 5.74) is 1.68. The fourth-order valence-corrected chi connectivity index (χ4v) is 4.06. The summed E-state index contributed by atoms with van der Waals surface area (Å²) in [7, 11) is -3.82. The molecule has 2 aromatic carbocycles.